The fourth-order valence-corrected chi connectivity index (χ4v) is 4.54. The number of halogens is 2. The van der Waals surface area contributed by atoms with Gasteiger partial charge in [0.1, 0.15) is 11.6 Å². The number of nitriles is 1. The first kappa shape index (κ1) is 22.5. The highest BCUT2D eigenvalue weighted by atomic mass is 19.1. The first-order valence-corrected chi connectivity index (χ1v) is 11.1. The second-order valence-corrected chi connectivity index (χ2v) is 8.51. The van der Waals surface area contributed by atoms with E-state index in [4.69, 9.17) is 5.26 Å². The molecule has 1 aromatic carbocycles. The maximum Gasteiger partial charge on any atom is 0.220 e. The number of carbonyl (C=O) groups is 1. The van der Waals surface area contributed by atoms with Crippen LogP contribution in [0.1, 0.15) is 51.4 Å². The molecule has 5 nitrogen and oxygen atoms in total. The van der Waals surface area contributed by atoms with E-state index < -0.39 is 11.6 Å². The minimum absolute atomic E-state index is 0.0733. The second kappa shape index (κ2) is 11.3. The lowest BCUT2D eigenvalue weighted by Crippen LogP contribution is -2.47. The van der Waals surface area contributed by atoms with Gasteiger partial charge in [0.2, 0.25) is 5.91 Å². The summed E-state index contributed by atoms with van der Waals surface area (Å²) in [6.45, 7) is 4.35. The second-order valence-electron chi connectivity index (χ2n) is 8.51. The quantitative estimate of drug-likeness (QED) is 0.652. The van der Waals surface area contributed by atoms with Gasteiger partial charge in [-0.05, 0) is 63.1 Å². The van der Waals surface area contributed by atoms with Crippen LogP contribution in [0.3, 0.4) is 0 Å². The van der Waals surface area contributed by atoms with Crippen LogP contribution in [0.15, 0.2) is 18.2 Å². The Labute approximate surface area is 178 Å². The maximum atomic E-state index is 14.0. The van der Waals surface area contributed by atoms with E-state index in [2.05, 4.69) is 16.3 Å². The fraction of sp³-hybridized carbons (Fsp3) is 0.652. The molecule has 0 radical (unpaired) electrons. The molecule has 2 aliphatic rings. The van der Waals surface area contributed by atoms with Crippen molar-refractivity contribution in [2.75, 3.05) is 37.6 Å². The predicted octanol–water partition coefficient (Wildman–Crippen LogP) is 3.85. The largest absolute Gasteiger partial charge is 0.367 e. The zero-order chi connectivity index (χ0) is 21.3. The van der Waals surface area contributed by atoms with Crippen molar-refractivity contribution in [3.63, 3.8) is 0 Å². The van der Waals surface area contributed by atoms with E-state index in [1.807, 2.05) is 4.90 Å². The normalized spacial score (nSPS) is 22.5. The molecule has 0 atom stereocenters. The van der Waals surface area contributed by atoms with E-state index in [0.29, 0.717) is 30.9 Å². The first-order valence-electron chi connectivity index (χ1n) is 11.1. The van der Waals surface area contributed by atoms with Crippen LogP contribution < -0.4 is 10.2 Å². The van der Waals surface area contributed by atoms with Gasteiger partial charge in [-0.2, -0.15) is 5.26 Å². The summed E-state index contributed by atoms with van der Waals surface area (Å²) in [4.78, 5) is 16.3. The van der Waals surface area contributed by atoms with E-state index in [1.54, 1.807) is 0 Å². The summed E-state index contributed by atoms with van der Waals surface area (Å²) < 4.78 is 27.1. The maximum absolute atomic E-state index is 14.0. The van der Waals surface area contributed by atoms with Crippen LogP contribution in [-0.4, -0.2) is 49.6 Å². The van der Waals surface area contributed by atoms with Crippen molar-refractivity contribution >= 4 is 11.6 Å². The Morgan fingerprint density at radius 1 is 1.13 bits per heavy atom. The lowest BCUT2D eigenvalue weighted by molar-refractivity contribution is -0.122. The summed E-state index contributed by atoms with van der Waals surface area (Å²) in [7, 11) is 0. The van der Waals surface area contributed by atoms with Crippen LogP contribution >= 0.6 is 0 Å². The minimum atomic E-state index is -0.539. The highest BCUT2D eigenvalue weighted by Gasteiger charge is 2.24. The first-order chi connectivity index (χ1) is 14.5. The number of piperazine rings is 1. The number of unbranched alkanes of at least 4 members (excludes halogenated alkanes) is 1. The molecular formula is C23H32F2N4O. The number of amides is 1. The van der Waals surface area contributed by atoms with E-state index in [0.717, 1.165) is 70.9 Å². The van der Waals surface area contributed by atoms with Crippen LogP contribution in [0, 0.1) is 28.9 Å². The molecule has 1 aliphatic carbocycles. The van der Waals surface area contributed by atoms with Gasteiger partial charge >= 0.3 is 0 Å². The number of anilines is 1. The molecule has 1 aromatic rings. The van der Waals surface area contributed by atoms with E-state index in [9.17, 15) is 13.6 Å². The van der Waals surface area contributed by atoms with Gasteiger partial charge in [-0.15, -0.1) is 0 Å². The molecule has 7 heteroatoms. The summed E-state index contributed by atoms with van der Waals surface area (Å²) in [5.41, 5.74) is 0.490. The molecule has 1 saturated heterocycles. The molecule has 1 saturated carbocycles. The van der Waals surface area contributed by atoms with Gasteiger partial charge < -0.3 is 10.2 Å². The van der Waals surface area contributed by atoms with Crippen molar-refractivity contribution in [1.29, 1.82) is 5.26 Å². The van der Waals surface area contributed by atoms with Gasteiger partial charge in [-0.3, -0.25) is 9.69 Å². The zero-order valence-corrected chi connectivity index (χ0v) is 17.6. The number of hydrogen-bond donors (Lipinski definition) is 1. The molecule has 1 amide bonds. The van der Waals surface area contributed by atoms with Gasteiger partial charge in [0.15, 0.2) is 0 Å². The standard InChI is InChI=1S/C23H32F2N4O/c24-19-6-9-22(21(25)17-19)29-15-13-28(14-16-29)12-10-18-4-7-20(8-5-18)27-23(30)3-1-2-11-26/h6,9,17-18,20H,1-5,7-8,10,12-16H2,(H,27,30). The molecule has 164 valence electrons. The molecular weight excluding hydrogens is 386 g/mol. The topological polar surface area (TPSA) is 59.4 Å². The number of benzene rings is 1. The van der Waals surface area contributed by atoms with Crippen LogP contribution in [0.5, 0.6) is 0 Å². The predicted molar refractivity (Wildman–Crippen MR) is 113 cm³/mol. The Morgan fingerprint density at radius 3 is 2.53 bits per heavy atom. The Bertz CT molecular complexity index is 735. The highest BCUT2D eigenvalue weighted by Crippen LogP contribution is 2.28. The summed E-state index contributed by atoms with van der Waals surface area (Å²) in [5.74, 6) is -0.256. The van der Waals surface area contributed by atoms with Gasteiger partial charge in [0.05, 0.1) is 11.8 Å². The third kappa shape index (κ3) is 6.66. The average molecular weight is 419 g/mol. The molecule has 1 heterocycles. The SMILES string of the molecule is N#CCCCC(=O)NC1CCC(CCN2CCN(c3ccc(F)cc3F)CC2)CC1. The third-order valence-electron chi connectivity index (χ3n) is 6.38. The van der Waals surface area contributed by atoms with Crippen molar-refractivity contribution in [2.24, 2.45) is 5.92 Å². The summed E-state index contributed by atoms with van der Waals surface area (Å²) in [5, 5.41) is 11.7. The van der Waals surface area contributed by atoms with E-state index in [1.165, 1.54) is 12.1 Å². The van der Waals surface area contributed by atoms with Gasteiger partial charge in [0.25, 0.3) is 0 Å². The molecule has 1 aliphatic heterocycles. The van der Waals surface area contributed by atoms with Crippen molar-refractivity contribution in [1.82, 2.24) is 10.2 Å². The number of hydrogen-bond acceptors (Lipinski definition) is 4. The molecule has 0 spiro atoms. The third-order valence-corrected chi connectivity index (χ3v) is 6.38. The van der Waals surface area contributed by atoms with Gasteiger partial charge in [-0.25, -0.2) is 8.78 Å². The number of nitrogens with one attached hydrogen (secondary N) is 1. The molecule has 1 N–H and O–H groups in total. The lowest BCUT2D eigenvalue weighted by Gasteiger charge is -2.37. The van der Waals surface area contributed by atoms with E-state index >= 15 is 0 Å². The van der Waals surface area contributed by atoms with Crippen LogP contribution in [-0.2, 0) is 4.79 Å². The number of rotatable bonds is 8. The minimum Gasteiger partial charge on any atom is -0.367 e. The van der Waals surface area contributed by atoms with Crippen molar-refractivity contribution < 1.29 is 13.6 Å². The fourth-order valence-electron chi connectivity index (χ4n) is 4.54. The van der Waals surface area contributed by atoms with E-state index in [-0.39, 0.29) is 11.9 Å². The lowest BCUT2D eigenvalue weighted by atomic mass is 9.84. The van der Waals surface area contributed by atoms with Crippen LogP contribution in [0.2, 0.25) is 0 Å². The summed E-state index contributed by atoms with van der Waals surface area (Å²) in [6.07, 6.45) is 7.04. The van der Waals surface area contributed by atoms with Crippen molar-refractivity contribution in [3.05, 3.63) is 29.8 Å². The monoisotopic (exact) mass is 418 g/mol. The molecule has 0 aromatic heterocycles. The van der Waals surface area contributed by atoms with Gasteiger partial charge in [-0.1, -0.05) is 0 Å². The highest BCUT2D eigenvalue weighted by molar-refractivity contribution is 5.76. The Kier molecular flexibility index (Phi) is 8.44. The number of nitrogens with zero attached hydrogens (tertiary/aromatic N) is 3. The van der Waals surface area contributed by atoms with Gasteiger partial charge in [0, 0.05) is 51.1 Å². The Morgan fingerprint density at radius 2 is 1.87 bits per heavy atom. The number of carbonyl (C=O) groups excluding carboxylic acids is 1. The molecule has 30 heavy (non-hydrogen) atoms. The van der Waals surface area contributed by atoms with Crippen molar-refractivity contribution in [3.8, 4) is 6.07 Å². The van der Waals surface area contributed by atoms with Crippen molar-refractivity contribution in [2.45, 2.75) is 57.4 Å². The average Bonchev–Trinajstić information content (AvgIpc) is 2.74. The molecule has 0 bridgehead atoms. The van der Waals surface area contributed by atoms with Crippen LogP contribution in [0.25, 0.3) is 0 Å². The zero-order valence-electron chi connectivity index (χ0n) is 17.6. The smallest absolute Gasteiger partial charge is 0.220 e. The Balaban J connectivity index is 1.31. The summed E-state index contributed by atoms with van der Waals surface area (Å²) >= 11 is 0. The Hall–Kier alpha value is -2.20. The van der Waals surface area contributed by atoms with Crippen LogP contribution in [0.4, 0.5) is 14.5 Å². The molecule has 2 fully saturated rings. The molecule has 3 rings (SSSR count). The summed E-state index contributed by atoms with van der Waals surface area (Å²) in [6, 6.07) is 6.15. The molecule has 0 unspecified atom stereocenters.